The first-order chi connectivity index (χ1) is 32.7. The van der Waals surface area contributed by atoms with Crippen molar-refractivity contribution in [2.24, 2.45) is 0 Å². The lowest BCUT2D eigenvalue weighted by atomic mass is 9.92. The lowest BCUT2D eigenvalue weighted by molar-refractivity contribution is 1.37. The second-order valence-electron chi connectivity index (χ2n) is 17.1. The van der Waals surface area contributed by atoms with Crippen LogP contribution in [0.25, 0.3) is 147 Å². The van der Waals surface area contributed by atoms with Crippen LogP contribution >= 0.6 is 45.3 Å². The molecule has 0 aliphatic rings. The van der Waals surface area contributed by atoms with Crippen molar-refractivity contribution in [1.82, 2.24) is 9.97 Å². The van der Waals surface area contributed by atoms with E-state index in [1.807, 2.05) is 45.3 Å². The summed E-state index contributed by atoms with van der Waals surface area (Å²) in [5.74, 6) is 0. The van der Waals surface area contributed by atoms with Crippen LogP contribution in [0.4, 0.5) is 0 Å². The van der Waals surface area contributed by atoms with E-state index in [1.54, 1.807) is 0 Å². The number of pyridine rings is 2. The van der Waals surface area contributed by atoms with Gasteiger partial charge in [-0.25, -0.2) is 9.97 Å². The highest BCUT2D eigenvalue weighted by atomic mass is 32.1. The van der Waals surface area contributed by atoms with Crippen molar-refractivity contribution in [3.8, 4) is 44.8 Å². The van der Waals surface area contributed by atoms with Crippen LogP contribution in [-0.2, 0) is 0 Å². The zero-order valence-electron chi connectivity index (χ0n) is 35.0. The summed E-state index contributed by atoms with van der Waals surface area (Å²) in [6.07, 6.45) is 0. The molecule has 2 nitrogen and oxygen atoms in total. The van der Waals surface area contributed by atoms with Gasteiger partial charge >= 0.3 is 0 Å². The Morgan fingerprint density at radius 3 is 1.05 bits per heavy atom. The minimum Gasteiger partial charge on any atom is -0.245 e. The molecule has 0 atom stereocenters. The van der Waals surface area contributed by atoms with Gasteiger partial charge in [-0.05, 0) is 71.8 Å². The maximum Gasteiger partial charge on any atom is 0.0978 e. The van der Waals surface area contributed by atoms with Crippen LogP contribution in [0.2, 0.25) is 0 Å². The van der Waals surface area contributed by atoms with Crippen molar-refractivity contribution in [3.05, 3.63) is 194 Å². The topological polar surface area (TPSA) is 25.8 Å². The van der Waals surface area contributed by atoms with Gasteiger partial charge in [0.15, 0.2) is 0 Å². The summed E-state index contributed by atoms with van der Waals surface area (Å²) in [6, 6.07) is 71.7. The van der Waals surface area contributed by atoms with E-state index in [-0.39, 0.29) is 0 Å². The van der Waals surface area contributed by atoms with E-state index in [0.717, 1.165) is 55.4 Å². The fraction of sp³-hybridized carbons (Fsp3) is 0. The molecule has 66 heavy (non-hydrogen) atoms. The molecular formula is C60H32N2S4. The molecule has 0 fully saturated rings. The van der Waals surface area contributed by atoms with E-state index in [1.165, 1.54) is 91.8 Å². The molecule has 15 aromatic rings. The van der Waals surface area contributed by atoms with Crippen LogP contribution in [0.15, 0.2) is 194 Å². The number of nitrogens with zero attached hydrogens (tertiary/aromatic N) is 2. The third kappa shape index (κ3) is 5.44. The molecular weight excluding hydrogens is 877 g/mol. The summed E-state index contributed by atoms with van der Waals surface area (Å²) in [5.41, 5.74) is 10.6. The molecule has 0 aliphatic carbocycles. The number of rotatable bonds is 4. The third-order valence-electron chi connectivity index (χ3n) is 13.5. The Bertz CT molecular complexity index is 4260. The summed E-state index contributed by atoms with van der Waals surface area (Å²) in [7, 11) is 0. The molecule has 0 aliphatic heterocycles. The van der Waals surface area contributed by atoms with Gasteiger partial charge in [0.05, 0.1) is 22.4 Å². The van der Waals surface area contributed by atoms with Crippen molar-refractivity contribution in [2.75, 3.05) is 0 Å². The molecule has 0 spiro atoms. The van der Waals surface area contributed by atoms with Crippen LogP contribution in [0.5, 0.6) is 0 Å². The highest BCUT2D eigenvalue weighted by molar-refractivity contribution is 7.27. The van der Waals surface area contributed by atoms with Crippen molar-refractivity contribution in [2.45, 2.75) is 0 Å². The molecule has 306 valence electrons. The van der Waals surface area contributed by atoms with Gasteiger partial charge in [-0.3, -0.25) is 0 Å². The van der Waals surface area contributed by atoms with Crippen LogP contribution in [0.3, 0.4) is 0 Å². The number of thiophene rings is 4. The fourth-order valence-electron chi connectivity index (χ4n) is 10.4. The van der Waals surface area contributed by atoms with Gasteiger partial charge < -0.3 is 0 Å². The highest BCUT2D eigenvalue weighted by Gasteiger charge is 2.22. The van der Waals surface area contributed by atoms with Gasteiger partial charge in [-0.1, -0.05) is 133 Å². The van der Waals surface area contributed by atoms with Gasteiger partial charge in [0, 0.05) is 114 Å². The lowest BCUT2D eigenvalue weighted by Gasteiger charge is -2.16. The van der Waals surface area contributed by atoms with Crippen LogP contribution in [0.1, 0.15) is 0 Å². The Morgan fingerprint density at radius 1 is 0.242 bits per heavy atom. The number of hydrogen-bond donors (Lipinski definition) is 0. The van der Waals surface area contributed by atoms with E-state index >= 15 is 0 Å². The minimum absolute atomic E-state index is 0.905. The minimum atomic E-state index is 0.905. The molecule has 0 saturated carbocycles. The number of aromatic nitrogens is 2. The second kappa shape index (κ2) is 14.1. The number of fused-ring (bicyclic) bond motifs is 15. The molecule has 0 radical (unpaired) electrons. The molecule has 6 heterocycles. The molecule has 0 bridgehead atoms. The van der Waals surface area contributed by atoms with E-state index in [9.17, 15) is 0 Å². The van der Waals surface area contributed by atoms with Crippen LogP contribution < -0.4 is 0 Å². The normalized spacial score (nSPS) is 12.2. The average molecular weight is 909 g/mol. The van der Waals surface area contributed by atoms with E-state index in [0.29, 0.717) is 0 Å². The quantitative estimate of drug-likeness (QED) is 0.164. The molecule has 6 aromatic heterocycles. The van der Waals surface area contributed by atoms with Gasteiger partial charge in [0.2, 0.25) is 0 Å². The largest absolute Gasteiger partial charge is 0.245 e. The molecule has 0 unspecified atom stereocenters. The lowest BCUT2D eigenvalue weighted by Crippen LogP contribution is -1.96. The standard InChI is InChI=1S/C60H32N2S4/c1-7-21-53-35(11-1)41-15-9-17-43(59(41)65-53)45-31-49(33-23-27-55-47(29-33)37-13-3-5-19-51(37)63-55)61-57-39(45)25-26-40-46(44-18-10-16-42-36-12-2-8-22-54(36)66-60(42)44)32-50(62-58(40)57)34-24-28-56-48(30-34)38-14-4-6-20-52(38)64-56/h1-32H. The zero-order valence-corrected chi connectivity index (χ0v) is 38.3. The summed E-state index contributed by atoms with van der Waals surface area (Å²) in [4.78, 5) is 11.5. The van der Waals surface area contributed by atoms with Crippen molar-refractivity contribution < 1.29 is 0 Å². The van der Waals surface area contributed by atoms with Crippen molar-refractivity contribution >= 4 is 148 Å². The Kier molecular flexibility index (Phi) is 7.89. The second-order valence-corrected chi connectivity index (χ2v) is 21.4. The van der Waals surface area contributed by atoms with Gasteiger partial charge in [0.25, 0.3) is 0 Å². The first-order valence-electron chi connectivity index (χ1n) is 22.1. The molecule has 0 saturated heterocycles. The summed E-state index contributed by atoms with van der Waals surface area (Å²) >= 11 is 7.44. The Balaban J connectivity index is 1.07. The molecule has 0 N–H and O–H groups in total. The van der Waals surface area contributed by atoms with Gasteiger partial charge in [0.1, 0.15) is 0 Å². The molecule has 9 aromatic carbocycles. The molecule has 6 heteroatoms. The van der Waals surface area contributed by atoms with Crippen molar-refractivity contribution in [1.29, 1.82) is 0 Å². The smallest absolute Gasteiger partial charge is 0.0978 e. The third-order valence-corrected chi connectivity index (χ3v) is 18.2. The van der Waals surface area contributed by atoms with E-state index in [2.05, 4.69) is 194 Å². The maximum absolute atomic E-state index is 5.75. The predicted octanol–water partition coefficient (Wildman–Crippen LogP) is 18.9. The van der Waals surface area contributed by atoms with Crippen LogP contribution in [0, 0.1) is 0 Å². The van der Waals surface area contributed by atoms with E-state index in [4.69, 9.17) is 9.97 Å². The first-order valence-corrected chi connectivity index (χ1v) is 25.4. The fourth-order valence-corrected chi connectivity index (χ4v) is 15.0. The van der Waals surface area contributed by atoms with Crippen LogP contribution in [-0.4, -0.2) is 9.97 Å². The Morgan fingerprint density at radius 2 is 0.606 bits per heavy atom. The van der Waals surface area contributed by atoms with Crippen molar-refractivity contribution in [3.63, 3.8) is 0 Å². The van der Waals surface area contributed by atoms with Gasteiger partial charge in [-0.2, -0.15) is 0 Å². The zero-order chi connectivity index (χ0) is 43.0. The predicted molar refractivity (Wildman–Crippen MR) is 290 cm³/mol. The average Bonchev–Trinajstić information content (AvgIpc) is 4.15. The monoisotopic (exact) mass is 908 g/mol. The van der Waals surface area contributed by atoms with E-state index < -0.39 is 0 Å². The SMILES string of the molecule is c1ccc2c(c1)sc1ccc(-c3cc(-c4cccc5c4sc4ccccc45)c4ccc5c(-c6cccc7c6sc6ccccc67)cc(-c6ccc7sc8ccccc8c7c6)nc5c4n3)cc12. The molecule has 15 rings (SSSR count). The first kappa shape index (κ1) is 37.0. The Hall–Kier alpha value is -7.32. The Labute approximate surface area is 393 Å². The summed E-state index contributed by atoms with van der Waals surface area (Å²) in [6.45, 7) is 0. The summed E-state index contributed by atoms with van der Waals surface area (Å²) in [5, 5.41) is 12.4. The van der Waals surface area contributed by atoms with Gasteiger partial charge in [-0.15, -0.1) is 45.3 Å². The summed E-state index contributed by atoms with van der Waals surface area (Å²) < 4.78 is 10.3. The maximum atomic E-state index is 5.75. The number of hydrogen-bond acceptors (Lipinski definition) is 6. The molecule has 0 amide bonds. The number of benzene rings is 9. The highest BCUT2D eigenvalue weighted by Crippen LogP contribution is 2.48.